The van der Waals surface area contributed by atoms with Crippen molar-refractivity contribution in [3.05, 3.63) is 10.8 Å². The molecule has 1 saturated heterocycles. The summed E-state index contributed by atoms with van der Waals surface area (Å²) in [7, 11) is 0. The molecule has 0 radical (unpaired) electrons. The second-order valence-corrected chi connectivity index (χ2v) is 3.98. The fourth-order valence-corrected chi connectivity index (χ4v) is 1.80. The van der Waals surface area contributed by atoms with Crippen LogP contribution >= 0.6 is 15.9 Å². The van der Waals surface area contributed by atoms with E-state index in [-0.39, 0.29) is 5.75 Å². The molecule has 4 nitrogen and oxygen atoms in total. The van der Waals surface area contributed by atoms with E-state index >= 15 is 0 Å². The summed E-state index contributed by atoms with van der Waals surface area (Å²) < 4.78 is 7.67. The maximum absolute atomic E-state index is 9.25. The number of nitrogens with zero attached hydrogens (tertiary/aromatic N) is 2. The highest BCUT2D eigenvalue weighted by Gasteiger charge is 2.18. The van der Waals surface area contributed by atoms with Crippen LogP contribution in [-0.2, 0) is 11.3 Å². The van der Waals surface area contributed by atoms with E-state index in [1.54, 1.807) is 4.68 Å². The van der Waals surface area contributed by atoms with Gasteiger partial charge < -0.3 is 9.84 Å². The van der Waals surface area contributed by atoms with Gasteiger partial charge in [0, 0.05) is 19.1 Å². The number of ether oxygens (including phenoxy) is 1. The molecule has 2 rings (SSSR count). The van der Waals surface area contributed by atoms with E-state index < -0.39 is 0 Å². The summed E-state index contributed by atoms with van der Waals surface area (Å²) in [6.45, 7) is 2.45. The van der Waals surface area contributed by atoms with E-state index in [1.807, 2.05) is 0 Å². The maximum atomic E-state index is 9.25. The third-order valence-corrected chi connectivity index (χ3v) is 3.03. The van der Waals surface area contributed by atoms with Crippen molar-refractivity contribution in [2.45, 2.75) is 13.0 Å². The molecular formula is C8H11BrN2O2. The van der Waals surface area contributed by atoms with Crippen LogP contribution in [0, 0.1) is 5.92 Å². The van der Waals surface area contributed by atoms with Crippen LogP contribution in [-0.4, -0.2) is 28.1 Å². The monoisotopic (exact) mass is 246 g/mol. The molecule has 1 atom stereocenters. The molecule has 1 fully saturated rings. The van der Waals surface area contributed by atoms with E-state index in [0.717, 1.165) is 26.2 Å². The summed E-state index contributed by atoms with van der Waals surface area (Å²) in [5.41, 5.74) is 0. The first-order valence-electron chi connectivity index (χ1n) is 4.25. The predicted molar refractivity (Wildman–Crippen MR) is 50.5 cm³/mol. The largest absolute Gasteiger partial charge is 0.504 e. The van der Waals surface area contributed by atoms with E-state index in [2.05, 4.69) is 21.0 Å². The first-order valence-corrected chi connectivity index (χ1v) is 5.04. The van der Waals surface area contributed by atoms with Gasteiger partial charge in [-0.1, -0.05) is 0 Å². The average molecular weight is 247 g/mol. The van der Waals surface area contributed by atoms with Crippen molar-refractivity contribution in [2.75, 3.05) is 13.2 Å². The van der Waals surface area contributed by atoms with Gasteiger partial charge in [0.25, 0.3) is 0 Å². The molecule has 1 N–H and O–H groups in total. The van der Waals surface area contributed by atoms with Gasteiger partial charge in [0.2, 0.25) is 0 Å². The van der Waals surface area contributed by atoms with E-state index in [4.69, 9.17) is 4.74 Å². The zero-order valence-electron chi connectivity index (χ0n) is 7.11. The predicted octanol–water partition coefficient (Wildman–Crippen LogP) is 1.39. The number of halogens is 1. The summed E-state index contributed by atoms with van der Waals surface area (Å²) in [6, 6.07) is 0. The van der Waals surface area contributed by atoms with Gasteiger partial charge in [0.05, 0.1) is 12.8 Å². The molecule has 0 saturated carbocycles. The Hall–Kier alpha value is -0.550. The molecule has 1 aliphatic rings. The molecule has 0 aliphatic carbocycles. The molecule has 2 heterocycles. The minimum absolute atomic E-state index is 0.193. The highest BCUT2D eigenvalue weighted by atomic mass is 79.9. The first kappa shape index (κ1) is 9.02. The lowest BCUT2D eigenvalue weighted by Gasteiger charge is -2.07. The minimum atomic E-state index is 0.193. The van der Waals surface area contributed by atoms with Gasteiger partial charge in [0.1, 0.15) is 4.60 Å². The SMILES string of the molecule is Oc1cnn(CC2CCOC2)c1Br. The van der Waals surface area contributed by atoms with Gasteiger partial charge in [0.15, 0.2) is 5.75 Å². The Morgan fingerprint density at radius 1 is 1.77 bits per heavy atom. The molecule has 1 aromatic rings. The van der Waals surface area contributed by atoms with Gasteiger partial charge in [-0.05, 0) is 22.4 Å². The molecular weight excluding hydrogens is 236 g/mol. The van der Waals surface area contributed by atoms with Crippen LogP contribution in [0.15, 0.2) is 10.8 Å². The lowest BCUT2D eigenvalue weighted by atomic mass is 10.1. The van der Waals surface area contributed by atoms with Crippen molar-refractivity contribution in [1.82, 2.24) is 9.78 Å². The Morgan fingerprint density at radius 2 is 2.62 bits per heavy atom. The molecule has 1 unspecified atom stereocenters. The van der Waals surface area contributed by atoms with Crippen LogP contribution in [0.25, 0.3) is 0 Å². The second-order valence-electron chi connectivity index (χ2n) is 3.23. The van der Waals surface area contributed by atoms with Gasteiger partial charge in [-0.25, -0.2) is 0 Å². The van der Waals surface area contributed by atoms with Crippen LogP contribution in [0.2, 0.25) is 0 Å². The van der Waals surface area contributed by atoms with Crippen LogP contribution < -0.4 is 0 Å². The van der Waals surface area contributed by atoms with Crippen LogP contribution in [0.3, 0.4) is 0 Å². The summed E-state index contributed by atoms with van der Waals surface area (Å²) >= 11 is 3.27. The van der Waals surface area contributed by atoms with Gasteiger partial charge in [-0.3, -0.25) is 4.68 Å². The summed E-state index contributed by atoms with van der Waals surface area (Å²) in [4.78, 5) is 0. The standard InChI is InChI=1S/C8H11BrN2O2/c9-8-7(12)3-10-11(8)4-6-1-2-13-5-6/h3,6,12H,1-2,4-5H2. The molecule has 1 aromatic heterocycles. The minimum Gasteiger partial charge on any atom is -0.504 e. The third kappa shape index (κ3) is 1.86. The zero-order chi connectivity index (χ0) is 9.26. The number of aromatic nitrogens is 2. The fourth-order valence-electron chi connectivity index (χ4n) is 1.46. The van der Waals surface area contributed by atoms with Crippen molar-refractivity contribution in [3.63, 3.8) is 0 Å². The highest BCUT2D eigenvalue weighted by Crippen LogP contribution is 2.24. The molecule has 13 heavy (non-hydrogen) atoms. The lowest BCUT2D eigenvalue weighted by molar-refractivity contribution is 0.181. The topological polar surface area (TPSA) is 47.3 Å². The first-order chi connectivity index (χ1) is 6.27. The average Bonchev–Trinajstić information content (AvgIpc) is 2.71. The number of hydrogen-bond donors (Lipinski definition) is 1. The van der Waals surface area contributed by atoms with E-state index in [0.29, 0.717) is 10.5 Å². The molecule has 5 heteroatoms. The molecule has 1 aliphatic heterocycles. The Balaban J connectivity index is 2.04. The zero-order valence-corrected chi connectivity index (χ0v) is 8.70. The molecule has 0 bridgehead atoms. The second kappa shape index (κ2) is 3.67. The molecule has 0 spiro atoms. The maximum Gasteiger partial charge on any atom is 0.168 e. The summed E-state index contributed by atoms with van der Waals surface area (Å²) in [5, 5.41) is 13.3. The van der Waals surface area contributed by atoms with Crippen LogP contribution in [0.1, 0.15) is 6.42 Å². The number of aromatic hydroxyl groups is 1. The third-order valence-electron chi connectivity index (χ3n) is 2.21. The summed E-state index contributed by atoms with van der Waals surface area (Å²) in [6.07, 6.45) is 2.52. The fraction of sp³-hybridized carbons (Fsp3) is 0.625. The Kier molecular flexibility index (Phi) is 2.55. The Bertz CT molecular complexity index is 294. The van der Waals surface area contributed by atoms with Gasteiger partial charge in [-0.15, -0.1) is 0 Å². The number of hydrogen-bond acceptors (Lipinski definition) is 3. The van der Waals surface area contributed by atoms with Gasteiger partial charge >= 0.3 is 0 Å². The van der Waals surface area contributed by atoms with Crippen LogP contribution in [0.4, 0.5) is 0 Å². The Labute approximate surface area is 84.6 Å². The Morgan fingerprint density at radius 3 is 3.15 bits per heavy atom. The van der Waals surface area contributed by atoms with Gasteiger partial charge in [-0.2, -0.15) is 5.10 Å². The highest BCUT2D eigenvalue weighted by molar-refractivity contribution is 9.10. The quantitative estimate of drug-likeness (QED) is 0.858. The van der Waals surface area contributed by atoms with Crippen molar-refractivity contribution in [2.24, 2.45) is 5.92 Å². The van der Waals surface area contributed by atoms with Crippen molar-refractivity contribution < 1.29 is 9.84 Å². The van der Waals surface area contributed by atoms with Crippen molar-refractivity contribution in [1.29, 1.82) is 0 Å². The van der Waals surface area contributed by atoms with E-state index in [1.165, 1.54) is 6.20 Å². The molecule has 0 amide bonds. The smallest absolute Gasteiger partial charge is 0.168 e. The van der Waals surface area contributed by atoms with E-state index in [9.17, 15) is 5.11 Å². The van der Waals surface area contributed by atoms with Crippen LogP contribution in [0.5, 0.6) is 5.75 Å². The molecule has 0 aromatic carbocycles. The lowest BCUT2D eigenvalue weighted by Crippen LogP contribution is -2.11. The van der Waals surface area contributed by atoms with Crippen molar-refractivity contribution in [3.8, 4) is 5.75 Å². The normalized spacial score (nSPS) is 22.4. The molecule has 72 valence electrons. The van der Waals surface area contributed by atoms with Crippen molar-refractivity contribution >= 4 is 15.9 Å². The summed E-state index contributed by atoms with van der Waals surface area (Å²) in [5.74, 6) is 0.717. The number of rotatable bonds is 2.